The molecule has 0 unspecified atom stereocenters. The van der Waals surface area contributed by atoms with Crippen molar-refractivity contribution in [1.29, 1.82) is 0 Å². The number of carbonyl (C=O) groups is 1. The van der Waals surface area contributed by atoms with E-state index in [-0.39, 0.29) is 5.91 Å². The first-order chi connectivity index (χ1) is 8.56. The molecular weight excluding hydrogens is 316 g/mol. The van der Waals surface area contributed by atoms with E-state index in [1.165, 1.54) is 0 Å². The Morgan fingerprint density at radius 1 is 1.17 bits per heavy atom. The van der Waals surface area contributed by atoms with Gasteiger partial charge < -0.3 is 11.1 Å². The smallest absolute Gasteiger partial charge is 0.256 e. The molecule has 0 aromatic heterocycles. The molecule has 2 aromatic carbocycles. The Bertz CT molecular complexity index is 584. The van der Waals surface area contributed by atoms with Crippen LogP contribution in [0.1, 0.15) is 10.4 Å². The van der Waals surface area contributed by atoms with Crippen LogP contribution in [0.4, 0.5) is 11.4 Å². The molecular formula is C13H10BrClN2O. The molecule has 2 aromatic rings. The van der Waals surface area contributed by atoms with Crippen LogP contribution >= 0.6 is 27.5 Å². The third-order valence-electron chi connectivity index (χ3n) is 2.34. The predicted octanol–water partition coefficient (Wildman–Crippen LogP) is 3.94. The van der Waals surface area contributed by atoms with Gasteiger partial charge in [0, 0.05) is 20.9 Å². The van der Waals surface area contributed by atoms with E-state index in [2.05, 4.69) is 21.2 Å². The van der Waals surface area contributed by atoms with Crippen molar-refractivity contribution in [3.05, 3.63) is 57.5 Å². The van der Waals surface area contributed by atoms with E-state index in [9.17, 15) is 4.79 Å². The summed E-state index contributed by atoms with van der Waals surface area (Å²) in [6.45, 7) is 0. The summed E-state index contributed by atoms with van der Waals surface area (Å²) in [5.74, 6) is -0.228. The molecule has 0 aliphatic carbocycles. The standard InChI is InChI=1S/C13H10BrClN2O/c14-12-6-1-8(15)7-11(12)13(18)17-10-4-2-9(16)3-5-10/h1-7H,16H2,(H,17,18). The van der Waals surface area contributed by atoms with Gasteiger partial charge in [-0.1, -0.05) is 11.6 Å². The number of anilines is 2. The highest BCUT2D eigenvalue weighted by molar-refractivity contribution is 9.10. The second kappa shape index (κ2) is 5.42. The fourth-order valence-electron chi connectivity index (χ4n) is 1.44. The molecule has 0 radical (unpaired) electrons. The zero-order valence-corrected chi connectivity index (χ0v) is 11.6. The van der Waals surface area contributed by atoms with E-state index in [1.54, 1.807) is 42.5 Å². The number of hydrogen-bond acceptors (Lipinski definition) is 2. The summed E-state index contributed by atoms with van der Waals surface area (Å²) in [6, 6.07) is 12.0. The molecule has 2 rings (SSSR count). The zero-order valence-electron chi connectivity index (χ0n) is 9.28. The molecule has 0 saturated heterocycles. The molecule has 0 aliphatic rings. The minimum atomic E-state index is -0.228. The van der Waals surface area contributed by atoms with Crippen LogP contribution in [-0.4, -0.2) is 5.91 Å². The van der Waals surface area contributed by atoms with Gasteiger partial charge in [-0.3, -0.25) is 4.79 Å². The molecule has 18 heavy (non-hydrogen) atoms. The number of benzene rings is 2. The van der Waals surface area contributed by atoms with Crippen molar-refractivity contribution in [3.63, 3.8) is 0 Å². The molecule has 0 fully saturated rings. The third-order valence-corrected chi connectivity index (χ3v) is 3.27. The van der Waals surface area contributed by atoms with Crippen LogP contribution < -0.4 is 11.1 Å². The van der Waals surface area contributed by atoms with Crippen molar-refractivity contribution in [2.45, 2.75) is 0 Å². The van der Waals surface area contributed by atoms with Gasteiger partial charge in [-0.25, -0.2) is 0 Å². The topological polar surface area (TPSA) is 55.1 Å². The minimum absolute atomic E-state index is 0.228. The molecule has 0 atom stereocenters. The van der Waals surface area contributed by atoms with Crippen molar-refractivity contribution in [3.8, 4) is 0 Å². The second-order valence-corrected chi connectivity index (χ2v) is 4.99. The lowest BCUT2D eigenvalue weighted by molar-refractivity contribution is 0.102. The first kappa shape index (κ1) is 12.9. The van der Waals surface area contributed by atoms with Gasteiger partial charge in [-0.2, -0.15) is 0 Å². The highest BCUT2D eigenvalue weighted by Crippen LogP contribution is 2.22. The maximum absolute atomic E-state index is 12.0. The summed E-state index contributed by atoms with van der Waals surface area (Å²) >= 11 is 9.18. The number of nitrogen functional groups attached to an aromatic ring is 1. The Balaban J connectivity index is 2.21. The normalized spacial score (nSPS) is 10.1. The van der Waals surface area contributed by atoms with E-state index in [0.717, 1.165) is 0 Å². The number of halogens is 2. The van der Waals surface area contributed by atoms with E-state index < -0.39 is 0 Å². The lowest BCUT2D eigenvalue weighted by Gasteiger charge is -2.07. The van der Waals surface area contributed by atoms with Crippen LogP contribution in [0.15, 0.2) is 46.9 Å². The number of carbonyl (C=O) groups excluding carboxylic acids is 1. The molecule has 3 N–H and O–H groups in total. The third kappa shape index (κ3) is 3.03. The van der Waals surface area contributed by atoms with E-state index in [1.807, 2.05) is 0 Å². The van der Waals surface area contributed by atoms with E-state index in [0.29, 0.717) is 26.4 Å². The highest BCUT2D eigenvalue weighted by atomic mass is 79.9. The Kier molecular flexibility index (Phi) is 3.89. The number of rotatable bonds is 2. The second-order valence-electron chi connectivity index (χ2n) is 3.70. The molecule has 0 saturated carbocycles. The van der Waals surface area contributed by atoms with Crippen LogP contribution in [0.5, 0.6) is 0 Å². The maximum Gasteiger partial charge on any atom is 0.256 e. The van der Waals surface area contributed by atoms with E-state index >= 15 is 0 Å². The summed E-state index contributed by atoms with van der Waals surface area (Å²) in [5, 5.41) is 3.28. The van der Waals surface area contributed by atoms with Crippen LogP contribution in [0.3, 0.4) is 0 Å². The van der Waals surface area contributed by atoms with Gasteiger partial charge in [0.15, 0.2) is 0 Å². The number of hydrogen-bond donors (Lipinski definition) is 2. The van der Waals surface area contributed by atoms with Crippen LogP contribution in [0.25, 0.3) is 0 Å². The summed E-state index contributed by atoms with van der Waals surface area (Å²) in [7, 11) is 0. The number of nitrogens with two attached hydrogens (primary N) is 1. The molecule has 3 nitrogen and oxygen atoms in total. The average Bonchev–Trinajstić information content (AvgIpc) is 2.35. The number of nitrogens with one attached hydrogen (secondary N) is 1. The summed E-state index contributed by atoms with van der Waals surface area (Å²) in [6.07, 6.45) is 0. The van der Waals surface area contributed by atoms with Gasteiger partial charge in [0.2, 0.25) is 0 Å². The molecule has 92 valence electrons. The van der Waals surface area contributed by atoms with Crippen molar-refractivity contribution >= 4 is 44.8 Å². The Labute approximate surface area is 118 Å². The molecule has 0 aliphatic heterocycles. The largest absolute Gasteiger partial charge is 0.399 e. The Morgan fingerprint density at radius 2 is 1.83 bits per heavy atom. The maximum atomic E-state index is 12.0. The first-order valence-electron chi connectivity index (χ1n) is 5.18. The first-order valence-corrected chi connectivity index (χ1v) is 6.35. The fourth-order valence-corrected chi connectivity index (χ4v) is 2.04. The van der Waals surface area contributed by atoms with Gasteiger partial charge in [0.1, 0.15) is 0 Å². The minimum Gasteiger partial charge on any atom is -0.399 e. The molecule has 5 heteroatoms. The van der Waals surface area contributed by atoms with Gasteiger partial charge in [-0.15, -0.1) is 0 Å². The van der Waals surface area contributed by atoms with Gasteiger partial charge in [-0.05, 0) is 58.4 Å². The lowest BCUT2D eigenvalue weighted by Crippen LogP contribution is -2.12. The molecule has 0 spiro atoms. The van der Waals surface area contributed by atoms with Crippen LogP contribution in [0.2, 0.25) is 5.02 Å². The molecule has 0 heterocycles. The van der Waals surface area contributed by atoms with Crippen molar-refractivity contribution in [2.24, 2.45) is 0 Å². The summed E-state index contributed by atoms with van der Waals surface area (Å²) in [4.78, 5) is 12.0. The van der Waals surface area contributed by atoms with Gasteiger partial charge in [0.05, 0.1) is 5.56 Å². The quantitative estimate of drug-likeness (QED) is 0.822. The Morgan fingerprint density at radius 3 is 2.50 bits per heavy atom. The zero-order chi connectivity index (χ0) is 13.1. The van der Waals surface area contributed by atoms with Crippen LogP contribution in [-0.2, 0) is 0 Å². The van der Waals surface area contributed by atoms with Crippen molar-refractivity contribution in [1.82, 2.24) is 0 Å². The van der Waals surface area contributed by atoms with Gasteiger partial charge >= 0.3 is 0 Å². The van der Waals surface area contributed by atoms with Crippen molar-refractivity contribution in [2.75, 3.05) is 11.1 Å². The van der Waals surface area contributed by atoms with E-state index in [4.69, 9.17) is 17.3 Å². The molecule has 1 amide bonds. The SMILES string of the molecule is Nc1ccc(NC(=O)c2cc(Cl)ccc2Br)cc1. The summed E-state index contributed by atoms with van der Waals surface area (Å²) in [5.41, 5.74) is 7.39. The lowest BCUT2D eigenvalue weighted by atomic mass is 10.2. The molecule has 0 bridgehead atoms. The fraction of sp³-hybridized carbons (Fsp3) is 0. The number of amides is 1. The Hall–Kier alpha value is -1.52. The summed E-state index contributed by atoms with van der Waals surface area (Å²) < 4.78 is 0.694. The van der Waals surface area contributed by atoms with Crippen molar-refractivity contribution < 1.29 is 4.79 Å². The van der Waals surface area contributed by atoms with Gasteiger partial charge in [0.25, 0.3) is 5.91 Å². The van der Waals surface area contributed by atoms with Crippen LogP contribution in [0, 0.1) is 0 Å². The monoisotopic (exact) mass is 324 g/mol. The predicted molar refractivity (Wildman–Crippen MR) is 78.0 cm³/mol. The highest BCUT2D eigenvalue weighted by Gasteiger charge is 2.10. The average molecular weight is 326 g/mol.